The Morgan fingerprint density at radius 2 is 1.50 bits per heavy atom. The van der Waals surface area contributed by atoms with Gasteiger partial charge in [0.1, 0.15) is 11.5 Å². The third-order valence-corrected chi connectivity index (χ3v) is 1.15. The fourth-order valence-electron chi connectivity index (χ4n) is 0.719. The van der Waals surface area contributed by atoms with Crippen LogP contribution in [0.1, 0.15) is 10.4 Å². The molecule has 0 radical (unpaired) electrons. The molecule has 0 aliphatic heterocycles. The van der Waals surface area contributed by atoms with Crippen molar-refractivity contribution in [3.63, 3.8) is 0 Å². The van der Waals surface area contributed by atoms with Gasteiger partial charge in [0, 0.05) is 6.07 Å². The van der Waals surface area contributed by atoms with Crippen LogP contribution in [0, 0.1) is 0 Å². The number of benzene rings is 1. The summed E-state index contributed by atoms with van der Waals surface area (Å²) in [7, 11) is 0. The number of hydrogen-bond donors (Lipinski definition) is 3. The van der Waals surface area contributed by atoms with E-state index in [1.54, 1.807) is 0 Å². The first-order valence-electron chi connectivity index (χ1n) is 2.86. The normalized spacial score (nSPS) is 8.67. The van der Waals surface area contributed by atoms with Crippen LogP contribution >= 0.6 is 0 Å². The van der Waals surface area contributed by atoms with Crippen LogP contribution in [-0.4, -0.2) is 50.8 Å². The zero-order valence-electron chi connectivity index (χ0n) is 5.48. The Kier molecular flexibility index (Phi) is 4.09. The van der Waals surface area contributed by atoms with Crippen molar-refractivity contribution in [1.29, 1.82) is 0 Å². The second-order valence-corrected chi connectivity index (χ2v) is 2.04. The van der Waals surface area contributed by atoms with Gasteiger partial charge >= 0.3 is 35.5 Å². The molecule has 0 amide bonds. The number of aromatic carboxylic acids is 1. The van der Waals surface area contributed by atoms with Crippen LogP contribution in [0.15, 0.2) is 18.2 Å². The van der Waals surface area contributed by atoms with Gasteiger partial charge in [0.05, 0.1) is 5.56 Å². The molecule has 3 N–H and O–H groups in total. The molecule has 0 aromatic heterocycles. The van der Waals surface area contributed by atoms with Gasteiger partial charge in [-0.3, -0.25) is 0 Å². The number of carbonyl (C=O) groups is 1. The second kappa shape index (κ2) is 4.35. The summed E-state index contributed by atoms with van der Waals surface area (Å²) in [5.41, 5.74) is -0.137. The minimum absolute atomic E-state index is 0. The number of phenolic OH excluding ortho intramolecular Hbond substituents is 2. The molecule has 0 saturated heterocycles. The summed E-state index contributed by atoms with van der Waals surface area (Å²) in [4.78, 5) is 10.3. The maximum atomic E-state index is 10.3. The van der Waals surface area contributed by atoms with Crippen LogP contribution in [0.5, 0.6) is 11.5 Å². The number of hydrogen-bond acceptors (Lipinski definition) is 3. The molecule has 5 heteroatoms. The fourth-order valence-corrected chi connectivity index (χ4v) is 0.719. The van der Waals surface area contributed by atoms with Crippen molar-refractivity contribution in [2.45, 2.75) is 0 Å². The van der Waals surface area contributed by atoms with E-state index < -0.39 is 5.97 Å². The number of aromatic hydroxyl groups is 2. The summed E-state index contributed by atoms with van der Waals surface area (Å²) in [5.74, 6) is -1.71. The van der Waals surface area contributed by atoms with Gasteiger partial charge in [-0.05, 0) is 12.1 Å². The van der Waals surface area contributed by atoms with E-state index >= 15 is 0 Å². The molecule has 0 spiro atoms. The summed E-state index contributed by atoms with van der Waals surface area (Å²) in [6.45, 7) is 0. The Hall–Kier alpha value is -0.710. The maximum absolute atomic E-state index is 10.3. The Bertz CT molecular complexity index is 277. The van der Waals surface area contributed by atoms with E-state index in [4.69, 9.17) is 15.3 Å². The summed E-state index contributed by atoms with van der Waals surface area (Å²) in [5, 5.41) is 26.1. The SMILES string of the molecule is O=C(O)c1cc(O)cc(O)c1.[NaH]. The summed E-state index contributed by atoms with van der Waals surface area (Å²) >= 11 is 0. The van der Waals surface area contributed by atoms with Crippen LogP contribution < -0.4 is 0 Å². The van der Waals surface area contributed by atoms with Crippen molar-refractivity contribution >= 4 is 35.5 Å². The van der Waals surface area contributed by atoms with Gasteiger partial charge in [0.15, 0.2) is 0 Å². The molecule has 0 fully saturated rings. The molecule has 1 rings (SSSR count). The van der Waals surface area contributed by atoms with Gasteiger partial charge < -0.3 is 15.3 Å². The van der Waals surface area contributed by atoms with Crippen LogP contribution in [-0.2, 0) is 0 Å². The standard InChI is InChI=1S/C7H6O4.Na.H/c8-5-1-4(7(10)11)2-6(9)3-5;;/h1-3,8-9H,(H,10,11);;. The number of carboxylic acids is 1. The van der Waals surface area contributed by atoms with Gasteiger partial charge in [-0.2, -0.15) is 0 Å². The average Bonchev–Trinajstić information content (AvgIpc) is 1.85. The van der Waals surface area contributed by atoms with Gasteiger partial charge in [-0.1, -0.05) is 0 Å². The summed E-state index contributed by atoms with van der Waals surface area (Å²) in [6.07, 6.45) is 0. The Balaban J connectivity index is 0.00000121. The zero-order valence-corrected chi connectivity index (χ0v) is 5.48. The van der Waals surface area contributed by atoms with Gasteiger partial charge in [-0.25, -0.2) is 4.79 Å². The molecule has 0 atom stereocenters. The van der Waals surface area contributed by atoms with E-state index in [0.29, 0.717) is 0 Å². The molecule has 0 aliphatic rings. The molecule has 0 heterocycles. The topological polar surface area (TPSA) is 77.8 Å². The third-order valence-electron chi connectivity index (χ3n) is 1.15. The van der Waals surface area contributed by atoms with E-state index in [9.17, 15) is 4.79 Å². The predicted octanol–water partition coefficient (Wildman–Crippen LogP) is 0.147. The van der Waals surface area contributed by atoms with Crippen molar-refractivity contribution < 1.29 is 20.1 Å². The van der Waals surface area contributed by atoms with Crippen molar-refractivity contribution in [2.75, 3.05) is 0 Å². The van der Waals surface area contributed by atoms with E-state index in [2.05, 4.69) is 0 Å². The molecule has 0 unspecified atom stereocenters. The van der Waals surface area contributed by atoms with Crippen molar-refractivity contribution in [3.8, 4) is 11.5 Å². The van der Waals surface area contributed by atoms with Gasteiger partial charge in [0.2, 0.25) is 0 Å². The predicted molar refractivity (Wildman–Crippen MR) is 43.9 cm³/mol. The molecule has 0 saturated carbocycles. The summed E-state index contributed by atoms with van der Waals surface area (Å²) < 4.78 is 0. The third kappa shape index (κ3) is 2.73. The van der Waals surface area contributed by atoms with Gasteiger partial charge in [-0.15, -0.1) is 0 Å². The second-order valence-electron chi connectivity index (χ2n) is 2.04. The Morgan fingerprint density at radius 3 is 1.83 bits per heavy atom. The number of phenols is 2. The summed E-state index contributed by atoms with van der Waals surface area (Å²) in [6, 6.07) is 3.18. The molecule has 1 aromatic rings. The van der Waals surface area contributed by atoms with E-state index in [0.717, 1.165) is 18.2 Å². The first-order valence-corrected chi connectivity index (χ1v) is 2.86. The molecule has 0 aliphatic carbocycles. The van der Waals surface area contributed by atoms with Crippen LogP contribution in [0.4, 0.5) is 0 Å². The Labute approximate surface area is 90.8 Å². The van der Waals surface area contributed by atoms with Crippen LogP contribution in [0.25, 0.3) is 0 Å². The molecular weight excluding hydrogens is 171 g/mol. The van der Waals surface area contributed by atoms with Crippen molar-refractivity contribution in [3.05, 3.63) is 23.8 Å². The minimum atomic E-state index is -1.18. The van der Waals surface area contributed by atoms with E-state index in [-0.39, 0.29) is 46.6 Å². The monoisotopic (exact) mass is 178 g/mol. The number of carboxylic acid groups (broad SMARTS) is 1. The van der Waals surface area contributed by atoms with Crippen LogP contribution in [0.3, 0.4) is 0 Å². The molecule has 0 bridgehead atoms. The first kappa shape index (κ1) is 11.3. The molecule has 1 aromatic carbocycles. The van der Waals surface area contributed by atoms with Gasteiger partial charge in [0.25, 0.3) is 0 Å². The van der Waals surface area contributed by atoms with Crippen molar-refractivity contribution in [1.82, 2.24) is 0 Å². The molecule has 4 nitrogen and oxygen atoms in total. The van der Waals surface area contributed by atoms with E-state index in [1.165, 1.54) is 0 Å². The fraction of sp³-hybridized carbons (Fsp3) is 0. The molecule has 12 heavy (non-hydrogen) atoms. The average molecular weight is 178 g/mol. The number of rotatable bonds is 1. The first-order chi connectivity index (χ1) is 5.09. The van der Waals surface area contributed by atoms with Crippen molar-refractivity contribution in [2.24, 2.45) is 0 Å². The van der Waals surface area contributed by atoms with Crippen LogP contribution in [0.2, 0.25) is 0 Å². The Morgan fingerprint density at radius 1 is 1.08 bits per heavy atom. The molecule has 60 valence electrons. The quantitative estimate of drug-likeness (QED) is 0.535. The van der Waals surface area contributed by atoms with E-state index in [1.807, 2.05) is 0 Å². The molecular formula is C7H7NaO4. The zero-order chi connectivity index (χ0) is 8.43.